The van der Waals surface area contributed by atoms with E-state index in [-0.39, 0.29) is 16.5 Å². The molecule has 0 fully saturated rings. The second-order valence-electron chi connectivity index (χ2n) is 7.44. The van der Waals surface area contributed by atoms with Crippen molar-refractivity contribution in [2.45, 2.75) is 46.6 Å². The van der Waals surface area contributed by atoms with Crippen molar-refractivity contribution >= 4 is 22.5 Å². The number of rotatable bonds is 3. The molecule has 1 aromatic heterocycles. The Morgan fingerprint density at radius 1 is 1.24 bits per heavy atom. The number of nitrogens with two attached hydrogens (primary N) is 1. The van der Waals surface area contributed by atoms with Crippen LogP contribution in [0.5, 0.6) is 0 Å². The number of benzene rings is 1. The average Bonchev–Trinajstić information content (AvgIpc) is 2.26. The number of fused-ring (bicyclic) bond motifs is 1. The number of nitrogen functional groups attached to an aromatic ring is 1. The van der Waals surface area contributed by atoms with Crippen LogP contribution in [0.1, 0.15) is 41.0 Å². The standard InChI is InChI=1S/C16H24N4O/c1-15(2,3)9-16(4,5)20-14-18-12-7-6-10(17)8-11(12)13(21)19-14/h6-8H,9,17H2,1-5H3,(H2,18,19,20,21). The predicted octanol–water partition coefficient (Wildman–Crippen LogP) is 3.13. The largest absolute Gasteiger partial charge is 0.399 e. The van der Waals surface area contributed by atoms with E-state index in [1.165, 1.54) is 0 Å². The number of nitrogens with one attached hydrogen (secondary N) is 2. The van der Waals surface area contributed by atoms with Gasteiger partial charge in [-0.05, 0) is 43.9 Å². The molecule has 0 radical (unpaired) electrons. The van der Waals surface area contributed by atoms with Gasteiger partial charge in [-0.2, -0.15) is 0 Å². The zero-order valence-corrected chi connectivity index (χ0v) is 13.4. The molecule has 0 saturated heterocycles. The van der Waals surface area contributed by atoms with Crippen LogP contribution in [-0.4, -0.2) is 15.5 Å². The van der Waals surface area contributed by atoms with Crippen LogP contribution in [-0.2, 0) is 0 Å². The van der Waals surface area contributed by atoms with E-state index in [0.29, 0.717) is 22.5 Å². The van der Waals surface area contributed by atoms with Gasteiger partial charge in [0, 0.05) is 11.2 Å². The topological polar surface area (TPSA) is 83.8 Å². The van der Waals surface area contributed by atoms with Gasteiger partial charge in [-0.25, -0.2) is 4.98 Å². The van der Waals surface area contributed by atoms with Crippen LogP contribution < -0.4 is 16.6 Å². The minimum atomic E-state index is -0.179. The Balaban J connectivity index is 2.36. The molecule has 2 aromatic rings. The maximum absolute atomic E-state index is 12.1. The van der Waals surface area contributed by atoms with Crippen LogP contribution in [0, 0.1) is 5.41 Å². The van der Waals surface area contributed by atoms with Crippen molar-refractivity contribution < 1.29 is 0 Å². The van der Waals surface area contributed by atoms with E-state index in [2.05, 4.69) is 49.9 Å². The van der Waals surface area contributed by atoms with Crippen LogP contribution in [0.25, 0.3) is 10.9 Å². The van der Waals surface area contributed by atoms with Crippen LogP contribution in [0.4, 0.5) is 11.6 Å². The second kappa shape index (κ2) is 5.06. The predicted molar refractivity (Wildman–Crippen MR) is 88.5 cm³/mol. The Bertz CT molecular complexity index is 710. The smallest absolute Gasteiger partial charge is 0.260 e. The van der Waals surface area contributed by atoms with Gasteiger partial charge in [0.05, 0.1) is 10.9 Å². The highest BCUT2D eigenvalue weighted by atomic mass is 16.1. The molecule has 114 valence electrons. The molecule has 0 aliphatic carbocycles. The normalized spacial score (nSPS) is 12.6. The third-order valence-corrected chi connectivity index (χ3v) is 3.16. The number of H-pyrrole nitrogens is 1. The number of hydrogen-bond donors (Lipinski definition) is 3. The number of aromatic amines is 1. The molecular weight excluding hydrogens is 264 g/mol. The SMILES string of the molecule is CC(C)(C)CC(C)(C)Nc1nc2ccc(N)cc2c(=O)[nH]1. The van der Waals surface area contributed by atoms with Crippen molar-refractivity contribution in [3.05, 3.63) is 28.6 Å². The van der Waals surface area contributed by atoms with Crippen molar-refractivity contribution in [1.82, 2.24) is 9.97 Å². The number of hydrogen-bond acceptors (Lipinski definition) is 4. The van der Waals surface area contributed by atoms with Gasteiger partial charge in [0.15, 0.2) is 0 Å². The monoisotopic (exact) mass is 288 g/mol. The van der Waals surface area contributed by atoms with Gasteiger partial charge in [0.1, 0.15) is 0 Å². The summed E-state index contributed by atoms with van der Waals surface area (Å²) < 4.78 is 0. The molecule has 0 bridgehead atoms. The van der Waals surface area contributed by atoms with Crippen molar-refractivity contribution in [2.24, 2.45) is 5.41 Å². The molecule has 1 aromatic carbocycles. The Morgan fingerprint density at radius 2 is 1.90 bits per heavy atom. The molecule has 0 unspecified atom stereocenters. The molecule has 1 heterocycles. The van der Waals surface area contributed by atoms with E-state index >= 15 is 0 Å². The summed E-state index contributed by atoms with van der Waals surface area (Å²) in [7, 11) is 0. The second-order valence-corrected chi connectivity index (χ2v) is 7.44. The summed E-state index contributed by atoms with van der Waals surface area (Å²) in [5.41, 5.74) is 6.74. The van der Waals surface area contributed by atoms with E-state index in [1.807, 2.05) is 0 Å². The zero-order chi connectivity index (χ0) is 15.8. The lowest BCUT2D eigenvalue weighted by molar-refractivity contribution is 0.301. The number of anilines is 2. The molecule has 0 saturated carbocycles. The lowest BCUT2D eigenvalue weighted by Crippen LogP contribution is -2.36. The van der Waals surface area contributed by atoms with E-state index in [9.17, 15) is 4.79 Å². The van der Waals surface area contributed by atoms with Crippen LogP contribution in [0.3, 0.4) is 0 Å². The summed E-state index contributed by atoms with van der Waals surface area (Å²) in [6.45, 7) is 10.8. The lowest BCUT2D eigenvalue weighted by atomic mass is 9.82. The average molecular weight is 288 g/mol. The highest BCUT2D eigenvalue weighted by Gasteiger charge is 2.26. The van der Waals surface area contributed by atoms with E-state index in [0.717, 1.165) is 6.42 Å². The first-order valence-corrected chi connectivity index (χ1v) is 7.14. The molecular formula is C16H24N4O. The Kier molecular flexibility index (Phi) is 3.70. The maximum Gasteiger partial charge on any atom is 0.260 e. The molecule has 5 nitrogen and oxygen atoms in total. The Labute approximate surface area is 125 Å². The van der Waals surface area contributed by atoms with Crippen molar-refractivity contribution in [1.29, 1.82) is 0 Å². The first-order chi connectivity index (χ1) is 9.56. The summed E-state index contributed by atoms with van der Waals surface area (Å²) in [4.78, 5) is 19.4. The zero-order valence-electron chi connectivity index (χ0n) is 13.4. The Morgan fingerprint density at radius 3 is 2.52 bits per heavy atom. The third kappa shape index (κ3) is 3.97. The highest BCUT2D eigenvalue weighted by Crippen LogP contribution is 2.28. The van der Waals surface area contributed by atoms with E-state index < -0.39 is 0 Å². The molecule has 0 aliphatic rings. The van der Waals surface area contributed by atoms with Gasteiger partial charge in [0.25, 0.3) is 5.56 Å². The Hall–Kier alpha value is -2.04. The van der Waals surface area contributed by atoms with Crippen molar-refractivity contribution in [2.75, 3.05) is 11.1 Å². The lowest BCUT2D eigenvalue weighted by Gasteiger charge is -2.33. The van der Waals surface area contributed by atoms with Crippen molar-refractivity contribution in [3.8, 4) is 0 Å². The minimum Gasteiger partial charge on any atom is -0.399 e. The van der Waals surface area contributed by atoms with Gasteiger partial charge < -0.3 is 11.1 Å². The summed E-state index contributed by atoms with van der Waals surface area (Å²) >= 11 is 0. The number of aromatic nitrogens is 2. The number of nitrogens with zero attached hydrogens (tertiary/aromatic N) is 1. The fraction of sp³-hybridized carbons (Fsp3) is 0.500. The molecule has 0 spiro atoms. The third-order valence-electron chi connectivity index (χ3n) is 3.16. The van der Waals surface area contributed by atoms with Crippen molar-refractivity contribution in [3.63, 3.8) is 0 Å². The highest BCUT2D eigenvalue weighted by molar-refractivity contribution is 5.81. The van der Waals surface area contributed by atoms with Crippen LogP contribution in [0.15, 0.2) is 23.0 Å². The summed E-state index contributed by atoms with van der Waals surface area (Å²) in [5.74, 6) is 0.492. The van der Waals surface area contributed by atoms with Crippen LogP contribution in [0.2, 0.25) is 0 Å². The summed E-state index contributed by atoms with van der Waals surface area (Å²) in [6.07, 6.45) is 0.948. The fourth-order valence-electron chi connectivity index (χ4n) is 2.91. The van der Waals surface area contributed by atoms with Gasteiger partial charge in [-0.3, -0.25) is 9.78 Å². The minimum absolute atomic E-state index is 0.171. The molecule has 2 rings (SSSR count). The molecule has 0 atom stereocenters. The van der Waals surface area contributed by atoms with Gasteiger partial charge in [-0.1, -0.05) is 20.8 Å². The summed E-state index contributed by atoms with van der Waals surface area (Å²) in [6, 6.07) is 5.16. The van der Waals surface area contributed by atoms with Gasteiger partial charge in [-0.15, -0.1) is 0 Å². The van der Waals surface area contributed by atoms with E-state index in [1.54, 1.807) is 18.2 Å². The quantitative estimate of drug-likeness (QED) is 0.758. The molecule has 21 heavy (non-hydrogen) atoms. The molecule has 5 heteroatoms. The maximum atomic E-state index is 12.1. The first-order valence-electron chi connectivity index (χ1n) is 7.14. The van der Waals surface area contributed by atoms with E-state index in [4.69, 9.17) is 5.73 Å². The van der Waals surface area contributed by atoms with Gasteiger partial charge >= 0.3 is 0 Å². The molecule has 0 aliphatic heterocycles. The molecule has 0 amide bonds. The molecule has 4 N–H and O–H groups in total. The fourth-order valence-corrected chi connectivity index (χ4v) is 2.91. The van der Waals surface area contributed by atoms with Gasteiger partial charge in [0.2, 0.25) is 5.95 Å². The van der Waals surface area contributed by atoms with Crippen LogP contribution >= 0.6 is 0 Å². The first kappa shape index (κ1) is 15.4. The summed E-state index contributed by atoms with van der Waals surface area (Å²) in [5, 5.41) is 3.83.